The van der Waals surface area contributed by atoms with Crippen LogP contribution in [-0.4, -0.2) is 29.5 Å². The number of unbranched alkanes of at least 4 members (excludes halogenated alkanes) is 2. The van der Waals surface area contributed by atoms with Gasteiger partial charge in [-0.3, -0.25) is 21.0 Å². The standard InChI is InChI=1S/C20H27N5O2/c1-24(20-12-11-18(15-21-20)25(26)27)13-7-3-6-10-17-14-19(23-22-17)16-8-4-2-5-9-16/h2,4-5,8-9,11-12,15,17,19,22-23H,3,6-7,10,13-14H2,1H3. The van der Waals surface area contributed by atoms with Crippen molar-refractivity contribution in [3.63, 3.8) is 0 Å². The summed E-state index contributed by atoms with van der Waals surface area (Å²) in [6, 6.07) is 14.7. The van der Waals surface area contributed by atoms with Gasteiger partial charge in [0.25, 0.3) is 5.69 Å². The first-order valence-electron chi connectivity index (χ1n) is 9.51. The van der Waals surface area contributed by atoms with Crippen molar-refractivity contribution in [1.82, 2.24) is 15.8 Å². The van der Waals surface area contributed by atoms with E-state index in [0.29, 0.717) is 12.1 Å². The van der Waals surface area contributed by atoms with Crippen molar-refractivity contribution in [3.8, 4) is 0 Å². The second-order valence-corrected chi connectivity index (χ2v) is 7.09. The van der Waals surface area contributed by atoms with Gasteiger partial charge in [-0.05, 0) is 30.9 Å². The SMILES string of the molecule is CN(CCCCCC1CC(c2ccccc2)NN1)c1ccc([N+](=O)[O-])cn1. The van der Waals surface area contributed by atoms with Crippen molar-refractivity contribution in [2.75, 3.05) is 18.5 Å². The molecule has 0 aliphatic carbocycles. The topological polar surface area (TPSA) is 83.3 Å². The maximum Gasteiger partial charge on any atom is 0.287 e. The zero-order chi connectivity index (χ0) is 19.1. The van der Waals surface area contributed by atoms with E-state index in [4.69, 9.17) is 0 Å². The molecule has 1 aliphatic rings. The Morgan fingerprint density at radius 3 is 2.67 bits per heavy atom. The number of rotatable bonds is 9. The summed E-state index contributed by atoms with van der Waals surface area (Å²) in [6.45, 7) is 0.897. The fourth-order valence-electron chi connectivity index (χ4n) is 3.46. The Morgan fingerprint density at radius 2 is 1.96 bits per heavy atom. The molecule has 7 nitrogen and oxygen atoms in total. The van der Waals surface area contributed by atoms with Crippen molar-refractivity contribution in [2.24, 2.45) is 0 Å². The number of nitrogens with one attached hydrogen (secondary N) is 2. The molecule has 27 heavy (non-hydrogen) atoms. The van der Waals surface area contributed by atoms with Crippen LogP contribution in [-0.2, 0) is 0 Å². The molecule has 2 heterocycles. The highest BCUT2D eigenvalue weighted by Gasteiger charge is 2.24. The number of anilines is 1. The van der Waals surface area contributed by atoms with E-state index in [9.17, 15) is 10.1 Å². The van der Waals surface area contributed by atoms with Crippen LogP contribution in [0.1, 0.15) is 43.7 Å². The summed E-state index contributed by atoms with van der Waals surface area (Å²) in [4.78, 5) is 16.5. The summed E-state index contributed by atoms with van der Waals surface area (Å²) >= 11 is 0. The molecule has 0 bridgehead atoms. The fourth-order valence-corrected chi connectivity index (χ4v) is 3.46. The van der Waals surface area contributed by atoms with Crippen molar-refractivity contribution < 1.29 is 4.92 Å². The maximum atomic E-state index is 10.7. The van der Waals surface area contributed by atoms with Crippen LogP contribution < -0.4 is 15.8 Å². The Bertz CT molecular complexity index is 723. The molecule has 144 valence electrons. The monoisotopic (exact) mass is 369 g/mol. The van der Waals surface area contributed by atoms with Crippen LogP contribution in [0.5, 0.6) is 0 Å². The molecule has 0 spiro atoms. The Morgan fingerprint density at radius 1 is 1.15 bits per heavy atom. The van der Waals surface area contributed by atoms with E-state index >= 15 is 0 Å². The average Bonchev–Trinajstić information content (AvgIpc) is 3.17. The lowest BCUT2D eigenvalue weighted by Crippen LogP contribution is -2.30. The smallest absolute Gasteiger partial charge is 0.287 e. The van der Waals surface area contributed by atoms with E-state index in [0.717, 1.165) is 38.0 Å². The Labute approximate surface area is 159 Å². The Balaban J connectivity index is 1.32. The van der Waals surface area contributed by atoms with Crippen LogP contribution >= 0.6 is 0 Å². The van der Waals surface area contributed by atoms with Crippen LogP contribution in [0, 0.1) is 10.1 Å². The molecule has 2 N–H and O–H groups in total. The Hall–Kier alpha value is -2.51. The molecule has 2 atom stereocenters. The minimum absolute atomic E-state index is 0.0265. The first-order chi connectivity index (χ1) is 13.1. The zero-order valence-electron chi connectivity index (χ0n) is 15.7. The minimum atomic E-state index is -0.426. The van der Waals surface area contributed by atoms with Gasteiger partial charge in [-0.2, -0.15) is 0 Å². The van der Waals surface area contributed by atoms with Gasteiger partial charge >= 0.3 is 0 Å². The molecule has 1 saturated heterocycles. The molecule has 1 aromatic heterocycles. The molecular weight excluding hydrogens is 342 g/mol. The highest BCUT2D eigenvalue weighted by atomic mass is 16.6. The summed E-state index contributed by atoms with van der Waals surface area (Å²) in [7, 11) is 1.97. The number of pyridine rings is 1. The lowest BCUT2D eigenvalue weighted by molar-refractivity contribution is -0.385. The number of aromatic nitrogens is 1. The van der Waals surface area contributed by atoms with E-state index in [-0.39, 0.29) is 5.69 Å². The molecular formula is C20H27N5O2. The van der Waals surface area contributed by atoms with Gasteiger partial charge in [-0.1, -0.05) is 43.2 Å². The number of nitrogens with zero attached hydrogens (tertiary/aromatic N) is 3. The second-order valence-electron chi connectivity index (χ2n) is 7.09. The highest BCUT2D eigenvalue weighted by molar-refractivity contribution is 5.41. The van der Waals surface area contributed by atoms with E-state index < -0.39 is 4.92 Å². The molecule has 0 saturated carbocycles. The first kappa shape index (κ1) is 19.3. The molecule has 0 amide bonds. The highest BCUT2D eigenvalue weighted by Crippen LogP contribution is 2.24. The third-order valence-corrected chi connectivity index (χ3v) is 5.06. The zero-order valence-corrected chi connectivity index (χ0v) is 15.7. The van der Waals surface area contributed by atoms with Crippen LogP contribution in [0.3, 0.4) is 0 Å². The molecule has 7 heteroatoms. The van der Waals surface area contributed by atoms with Crippen LogP contribution in [0.15, 0.2) is 48.7 Å². The number of hydrazine groups is 1. The molecule has 1 aromatic carbocycles. The van der Waals surface area contributed by atoms with Crippen molar-refractivity contribution in [3.05, 3.63) is 64.3 Å². The predicted octanol–water partition coefficient (Wildman–Crippen LogP) is 3.59. The predicted molar refractivity (Wildman–Crippen MR) is 106 cm³/mol. The summed E-state index contributed by atoms with van der Waals surface area (Å²) in [5.41, 5.74) is 8.19. The molecule has 2 aromatic rings. The van der Waals surface area contributed by atoms with Crippen LogP contribution in [0.4, 0.5) is 11.5 Å². The second kappa shape index (κ2) is 9.43. The molecule has 3 rings (SSSR count). The van der Waals surface area contributed by atoms with Gasteiger partial charge in [0.15, 0.2) is 0 Å². The van der Waals surface area contributed by atoms with Crippen LogP contribution in [0.2, 0.25) is 0 Å². The first-order valence-corrected chi connectivity index (χ1v) is 9.51. The van der Waals surface area contributed by atoms with Crippen molar-refractivity contribution in [2.45, 2.75) is 44.2 Å². The quantitative estimate of drug-likeness (QED) is 0.399. The minimum Gasteiger partial charge on any atom is -0.360 e. The van der Waals surface area contributed by atoms with E-state index in [1.807, 2.05) is 18.0 Å². The van der Waals surface area contributed by atoms with Gasteiger partial charge in [0.1, 0.15) is 12.0 Å². The largest absolute Gasteiger partial charge is 0.360 e. The van der Waals surface area contributed by atoms with Gasteiger partial charge in [0, 0.05) is 31.7 Å². The molecule has 2 unspecified atom stereocenters. The van der Waals surface area contributed by atoms with E-state index in [2.05, 4.69) is 40.1 Å². The van der Waals surface area contributed by atoms with Gasteiger partial charge in [0.05, 0.1) is 4.92 Å². The fraction of sp³-hybridized carbons (Fsp3) is 0.450. The number of hydrogen-bond donors (Lipinski definition) is 2. The van der Waals surface area contributed by atoms with Crippen molar-refractivity contribution in [1.29, 1.82) is 0 Å². The number of hydrogen-bond acceptors (Lipinski definition) is 6. The lowest BCUT2D eigenvalue weighted by atomic mass is 9.99. The van der Waals surface area contributed by atoms with E-state index in [1.165, 1.54) is 24.2 Å². The summed E-state index contributed by atoms with van der Waals surface area (Å²) in [5, 5.41) is 10.7. The summed E-state index contributed by atoms with van der Waals surface area (Å²) in [5.74, 6) is 0.771. The molecule has 1 aliphatic heterocycles. The molecule has 0 radical (unpaired) electrons. The number of nitro groups is 1. The lowest BCUT2D eigenvalue weighted by Gasteiger charge is -2.18. The van der Waals surface area contributed by atoms with Gasteiger partial charge in [0.2, 0.25) is 0 Å². The Kier molecular flexibility index (Phi) is 6.73. The van der Waals surface area contributed by atoms with Crippen LogP contribution in [0.25, 0.3) is 0 Å². The van der Waals surface area contributed by atoms with Gasteiger partial charge in [-0.15, -0.1) is 0 Å². The normalized spacial score (nSPS) is 19.1. The number of benzene rings is 1. The summed E-state index contributed by atoms with van der Waals surface area (Å²) in [6.07, 6.45) is 7.02. The van der Waals surface area contributed by atoms with Crippen molar-refractivity contribution >= 4 is 11.5 Å². The van der Waals surface area contributed by atoms with Gasteiger partial charge in [-0.25, -0.2) is 4.98 Å². The third kappa shape index (κ3) is 5.48. The maximum absolute atomic E-state index is 10.7. The van der Waals surface area contributed by atoms with E-state index in [1.54, 1.807) is 6.07 Å². The third-order valence-electron chi connectivity index (χ3n) is 5.06. The molecule has 1 fully saturated rings. The summed E-state index contributed by atoms with van der Waals surface area (Å²) < 4.78 is 0. The van der Waals surface area contributed by atoms with Gasteiger partial charge < -0.3 is 4.90 Å². The average molecular weight is 369 g/mol.